The quantitative estimate of drug-likeness (QED) is 0.637. The van der Waals surface area contributed by atoms with Crippen molar-refractivity contribution in [2.75, 3.05) is 37.6 Å². The number of anilines is 1. The van der Waals surface area contributed by atoms with E-state index in [9.17, 15) is 22.8 Å². The number of alkyl halides is 3. The van der Waals surface area contributed by atoms with E-state index in [2.05, 4.69) is 16.6 Å². The summed E-state index contributed by atoms with van der Waals surface area (Å²) >= 11 is 0. The van der Waals surface area contributed by atoms with E-state index in [-0.39, 0.29) is 5.69 Å². The fraction of sp³-hybridized carbons (Fsp3) is 0.333. The SMILES string of the molecule is CCN1CCN(C2=C(c3ccc(C)cc3)C(=O)N(c3ccc(OC(F)(F)F)cc3)C2=O)CC1. The van der Waals surface area contributed by atoms with Crippen molar-refractivity contribution in [3.05, 3.63) is 65.4 Å². The number of nitrogens with zero attached hydrogens (tertiary/aromatic N) is 3. The molecule has 1 fully saturated rings. The molecule has 2 aliphatic rings. The number of hydrogen-bond acceptors (Lipinski definition) is 5. The van der Waals surface area contributed by atoms with Crippen molar-refractivity contribution in [3.63, 3.8) is 0 Å². The van der Waals surface area contributed by atoms with Gasteiger partial charge in [-0.3, -0.25) is 9.59 Å². The predicted molar refractivity (Wildman–Crippen MR) is 117 cm³/mol. The van der Waals surface area contributed by atoms with Crippen molar-refractivity contribution in [2.45, 2.75) is 20.2 Å². The molecule has 33 heavy (non-hydrogen) atoms. The van der Waals surface area contributed by atoms with Crippen LogP contribution in [-0.4, -0.2) is 60.7 Å². The summed E-state index contributed by atoms with van der Waals surface area (Å²) in [7, 11) is 0. The molecule has 0 spiro atoms. The first-order valence-corrected chi connectivity index (χ1v) is 10.7. The van der Waals surface area contributed by atoms with Crippen LogP contribution in [0.3, 0.4) is 0 Å². The topological polar surface area (TPSA) is 53.1 Å². The lowest BCUT2D eigenvalue weighted by Gasteiger charge is -2.36. The van der Waals surface area contributed by atoms with Gasteiger partial charge in [0.2, 0.25) is 0 Å². The maximum Gasteiger partial charge on any atom is 0.573 e. The van der Waals surface area contributed by atoms with Crippen LogP contribution in [0.4, 0.5) is 18.9 Å². The zero-order chi connectivity index (χ0) is 23.8. The molecule has 2 aromatic carbocycles. The summed E-state index contributed by atoms with van der Waals surface area (Å²) in [5.41, 5.74) is 2.47. The lowest BCUT2D eigenvalue weighted by molar-refractivity contribution is -0.274. The molecule has 0 N–H and O–H groups in total. The number of halogens is 3. The second-order valence-corrected chi connectivity index (χ2v) is 8.00. The molecule has 0 aromatic heterocycles. The molecule has 4 rings (SSSR count). The molecule has 2 amide bonds. The Morgan fingerprint density at radius 1 is 0.879 bits per heavy atom. The van der Waals surface area contributed by atoms with E-state index in [0.29, 0.717) is 29.9 Å². The van der Waals surface area contributed by atoms with Crippen molar-refractivity contribution in [3.8, 4) is 5.75 Å². The van der Waals surface area contributed by atoms with Crippen LogP contribution in [0.1, 0.15) is 18.1 Å². The van der Waals surface area contributed by atoms with Gasteiger partial charge >= 0.3 is 6.36 Å². The van der Waals surface area contributed by atoms with Gasteiger partial charge in [0.25, 0.3) is 11.8 Å². The van der Waals surface area contributed by atoms with E-state index >= 15 is 0 Å². The van der Waals surface area contributed by atoms with Gasteiger partial charge in [0.1, 0.15) is 11.4 Å². The van der Waals surface area contributed by atoms with Gasteiger partial charge in [0.05, 0.1) is 11.3 Å². The van der Waals surface area contributed by atoms with Gasteiger partial charge in [0, 0.05) is 26.2 Å². The molecule has 2 heterocycles. The number of carbonyl (C=O) groups excluding carboxylic acids is 2. The van der Waals surface area contributed by atoms with Crippen LogP contribution < -0.4 is 9.64 Å². The Morgan fingerprint density at radius 3 is 2.03 bits per heavy atom. The summed E-state index contributed by atoms with van der Waals surface area (Å²) in [5.74, 6) is -1.40. The Hall–Kier alpha value is -3.33. The Bertz CT molecular complexity index is 1070. The minimum atomic E-state index is -4.82. The highest BCUT2D eigenvalue weighted by atomic mass is 19.4. The third-order valence-electron chi connectivity index (χ3n) is 5.86. The molecule has 0 saturated carbocycles. The minimum Gasteiger partial charge on any atom is -0.406 e. The van der Waals surface area contributed by atoms with E-state index < -0.39 is 23.9 Å². The number of rotatable bonds is 5. The fourth-order valence-electron chi connectivity index (χ4n) is 4.11. The number of piperazine rings is 1. The highest BCUT2D eigenvalue weighted by Crippen LogP contribution is 2.36. The van der Waals surface area contributed by atoms with Gasteiger partial charge in [-0.1, -0.05) is 36.8 Å². The maximum atomic E-state index is 13.5. The lowest BCUT2D eigenvalue weighted by atomic mass is 10.0. The van der Waals surface area contributed by atoms with Crippen LogP contribution in [0.15, 0.2) is 54.2 Å². The number of likely N-dealkylation sites (N-methyl/N-ethyl adjacent to an activating group) is 1. The second kappa shape index (κ2) is 8.90. The van der Waals surface area contributed by atoms with Crippen molar-refractivity contribution >= 4 is 23.1 Å². The van der Waals surface area contributed by atoms with E-state index in [1.165, 1.54) is 12.1 Å². The Kier molecular flexibility index (Phi) is 6.16. The van der Waals surface area contributed by atoms with Gasteiger partial charge in [-0.15, -0.1) is 13.2 Å². The van der Waals surface area contributed by atoms with E-state index in [1.54, 1.807) is 0 Å². The highest BCUT2D eigenvalue weighted by molar-refractivity contribution is 6.45. The van der Waals surface area contributed by atoms with Crippen LogP contribution in [0, 0.1) is 6.92 Å². The molecule has 2 aliphatic heterocycles. The molecular formula is C24H24F3N3O3. The normalized spacial score (nSPS) is 17.8. The molecule has 0 atom stereocenters. The molecule has 6 nitrogen and oxygen atoms in total. The third kappa shape index (κ3) is 4.73. The van der Waals surface area contributed by atoms with Gasteiger partial charge in [0.15, 0.2) is 0 Å². The van der Waals surface area contributed by atoms with Crippen molar-refractivity contribution in [1.29, 1.82) is 0 Å². The van der Waals surface area contributed by atoms with Gasteiger partial charge in [-0.2, -0.15) is 0 Å². The monoisotopic (exact) mass is 459 g/mol. The van der Waals surface area contributed by atoms with Gasteiger partial charge < -0.3 is 14.5 Å². The average molecular weight is 459 g/mol. The first-order valence-electron chi connectivity index (χ1n) is 10.7. The van der Waals surface area contributed by atoms with Crippen LogP contribution >= 0.6 is 0 Å². The molecule has 174 valence electrons. The molecule has 0 unspecified atom stereocenters. The molecule has 0 bridgehead atoms. The van der Waals surface area contributed by atoms with Crippen LogP contribution in [-0.2, 0) is 9.59 Å². The fourth-order valence-corrected chi connectivity index (χ4v) is 4.11. The summed E-state index contributed by atoms with van der Waals surface area (Å²) in [6, 6.07) is 12.1. The lowest BCUT2D eigenvalue weighted by Crippen LogP contribution is -2.47. The van der Waals surface area contributed by atoms with Crippen LogP contribution in [0.5, 0.6) is 5.75 Å². The molecule has 2 aromatic rings. The smallest absolute Gasteiger partial charge is 0.406 e. The number of aryl methyl sites for hydroxylation is 1. The van der Waals surface area contributed by atoms with Crippen LogP contribution in [0.2, 0.25) is 0 Å². The first kappa shape index (κ1) is 22.8. The maximum absolute atomic E-state index is 13.5. The largest absolute Gasteiger partial charge is 0.573 e. The van der Waals surface area contributed by atoms with Gasteiger partial charge in [-0.05, 0) is 43.3 Å². The number of amides is 2. The summed E-state index contributed by atoms with van der Waals surface area (Å²) in [6.45, 7) is 7.65. The number of benzene rings is 2. The van der Waals surface area contributed by atoms with Crippen molar-refractivity contribution < 1.29 is 27.5 Å². The minimum absolute atomic E-state index is 0.186. The van der Waals surface area contributed by atoms with Gasteiger partial charge in [-0.25, -0.2) is 4.90 Å². The predicted octanol–water partition coefficient (Wildman–Crippen LogP) is 3.82. The summed E-state index contributed by atoms with van der Waals surface area (Å²) in [6.07, 6.45) is -4.82. The highest BCUT2D eigenvalue weighted by Gasteiger charge is 2.43. The first-order chi connectivity index (χ1) is 15.7. The molecule has 9 heteroatoms. The number of ether oxygens (including phenoxy) is 1. The Balaban J connectivity index is 1.69. The number of hydrogen-bond donors (Lipinski definition) is 0. The molecule has 0 radical (unpaired) electrons. The zero-order valence-electron chi connectivity index (χ0n) is 18.4. The molecule has 0 aliphatic carbocycles. The van der Waals surface area contributed by atoms with Crippen molar-refractivity contribution in [1.82, 2.24) is 9.80 Å². The van der Waals surface area contributed by atoms with E-state index in [4.69, 9.17) is 0 Å². The summed E-state index contributed by atoms with van der Waals surface area (Å²) in [4.78, 5) is 32.2. The standard InChI is InChI=1S/C24H24F3N3O3/c1-3-28-12-14-29(15-13-28)21-20(17-6-4-16(2)5-7-17)22(31)30(23(21)32)18-8-10-19(11-9-18)33-24(25,26)27/h4-11H,3,12-15H2,1-2H3. The summed E-state index contributed by atoms with van der Waals surface area (Å²) < 4.78 is 41.4. The zero-order valence-corrected chi connectivity index (χ0v) is 18.4. The number of carbonyl (C=O) groups is 2. The molecular weight excluding hydrogens is 435 g/mol. The Labute approximate surface area is 189 Å². The van der Waals surface area contributed by atoms with Crippen LogP contribution in [0.25, 0.3) is 5.57 Å². The summed E-state index contributed by atoms with van der Waals surface area (Å²) in [5, 5.41) is 0. The third-order valence-corrected chi connectivity index (χ3v) is 5.86. The molecule has 1 saturated heterocycles. The number of imide groups is 1. The second-order valence-electron chi connectivity index (χ2n) is 8.00. The Morgan fingerprint density at radius 2 is 1.48 bits per heavy atom. The van der Waals surface area contributed by atoms with E-state index in [0.717, 1.165) is 42.2 Å². The van der Waals surface area contributed by atoms with E-state index in [1.807, 2.05) is 36.1 Å². The average Bonchev–Trinajstić information content (AvgIpc) is 3.04. The van der Waals surface area contributed by atoms with Crippen molar-refractivity contribution in [2.24, 2.45) is 0 Å².